The third kappa shape index (κ3) is 5.97. The number of nitrogens with zero attached hydrogens (tertiary/aromatic N) is 2. The van der Waals surface area contributed by atoms with Crippen molar-refractivity contribution in [2.75, 3.05) is 19.1 Å². The first-order valence-corrected chi connectivity index (χ1v) is 18.0. The molecule has 5 rings (SSSR count). The van der Waals surface area contributed by atoms with Crippen molar-refractivity contribution in [1.29, 1.82) is 0 Å². The minimum absolute atomic E-state index is 0.174. The Morgan fingerprint density at radius 2 is 1.58 bits per heavy atom. The normalized spacial score (nSPS) is 12.4. The number of pyridine rings is 1. The molecule has 43 heavy (non-hydrogen) atoms. The monoisotopic (exact) mass is 634 g/mol. The van der Waals surface area contributed by atoms with Crippen molar-refractivity contribution in [3.05, 3.63) is 89.6 Å². The van der Waals surface area contributed by atoms with E-state index in [0.29, 0.717) is 21.7 Å². The van der Waals surface area contributed by atoms with Crippen LogP contribution in [0.3, 0.4) is 0 Å². The number of hydrogen-bond donors (Lipinski definition) is 0. The van der Waals surface area contributed by atoms with Crippen molar-refractivity contribution < 1.29 is 26.4 Å². The summed E-state index contributed by atoms with van der Waals surface area (Å²) in [5.41, 5.74) is 4.86. The summed E-state index contributed by atoms with van der Waals surface area (Å²) in [7, 11) is -6.83. The van der Waals surface area contributed by atoms with Gasteiger partial charge in [0.1, 0.15) is 0 Å². The lowest BCUT2D eigenvalue weighted by molar-refractivity contribution is 0.0526. The number of aromatic nitrogens is 2. The molecule has 0 fully saturated rings. The van der Waals surface area contributed by atoms with E-state index in [-0.39, 0.29) is 16.5 Å². The maximum atomic E-state index is 12.7. The summed E-state index contributed by atoms with van der Waals surface area (Å²) in [5, 5.41) is 0.986. The fourth-order valence-corrected chi connectivity index (χ4v) is 6.81. The van der Waals surface area contributed by atoms with Crippen molar-refractivity contribution >= 4 is 47.9 Å². The van der Waals surface area contributed by atoms with Crippen LogP contribution in [0.2, 0.25) is 0 Å². The average Bonchev–Trinajstić information content (AvgIpc) is 3.42. The molecule has 11 heteroatoms. The van der Waals surface area contributed by atoms with E-state index in [2.05, 4.69) is 9.97 Å². The third-order valence-corrected chi connectivity index (χ3v) is 11.7. The molecule has 5 aromatic rings. The molecule has 0 unspecified atom stereocenters. The number of rotatable bonds is 8. The molecule has 0 saturated carbocycles. The first-order valence-electron chi connectivity index (χ1n) is 13.4. The molecule has 8 nitrogen and oxygen atoms in total. The van der Waals surface area contributed by atoms with E-state index in [1.807, 2.05) is 48.5 Å². The Bertz CT molecular complexity index is 2080. The smallest absolute Gasteiger partial charge is 0.367 e. The number of sulfone groups is 2. The maximum Gasteiger partial charge on any atom is 0.367 e. The molecule has 0 radical (unpaired) electrons. The highest BCUT2D eigenvalue weighted by atomic mass is 32.2. The van der Waals surface area contributed by atoms with Gasteiger partial charge in [0.25, 0.3) is 0 Å². The fraction of sp³-hybridized carbons (Fsp3) is 0.219. The van der Waals surface area contributed by atoms with Gasteiger partial charge in [-0.15, -0.1) is 11.3 Å². The zero-order chi connectivity index (χ0) is 31.2. The number of carbonyl (C=O) groups excluding carboxylic acids is 1. The summed E-state index contributed by atoms with van der Waals surface area (Å²) in [6, 6.07) is 21.5. The zero-order valence-electron chi connectivity index (χ0n) is 24.3. The van der Waals surface area contributed by atoms with Gasteiger partial charge in [0.15, 0.2) is 19.7 Å². The molecule has 0 bridgehead atoms. The first-order chi connectivity index (χ1) is 20.2. The van der Waals surface area contributed by atoms with Crippen molar-refractivity contribution in [3.63, 3.8) is 0 Å². The molecule has 3 aromatic carbocycles. The second kappa shape index (κ2) is 11.3. The van der Waals surface area contributed by atoms with Crippen LogP contribution in [0, 0.1) is 0 Å². The molecule has 2 heterocycles. The van der Waals surface area contributed by atoms with Crippen LogP contribution in [0.15, 0.2) is 83.9 Å². The fourth-order valence-electron chi connectivity index (χ4n) is 4.65. The first kappa shape index (κ1) is 30.5. The highest BCUT2D eigenvalue weighted by molar-refractivity contribution is 7.91. The van der Waals surface area contributed by atoms with E-state index in [4.69, 9.17) is 4.74 Å². The van der Waals surface area contributed by atoms with E-state index >= 15 is 0 Å². The topological polar surface area (TPSA) is 120 Å². The Morgan fingerprint density at radius 3 is 2.23 bits per heavy atom. The number of ether oxygens (including phenoxy) is 1. The van der Waals surface area contributed by atoms with Crippen molar-refractivity contribution in [2.24, 2.45) is 0 Å². The summed E-state index contributed by atoms with van der Waals surface area (Å²) >= 11 is 1.18. The molecule has 0 amide bonds. The molecule has 0 N–H and O–H groups in total. The lowest BCUT2D eigenvalue weighted by Gasteiger charge is -2.24. The zero-order valence-corrected chi connectivity index (χ0v) is 26.7. The minimum atomic E-state index is -3.44. The van der Waals surface area contributed by atoms with Crippen LogP contribution in [-0.2, 0) is 29.2 Å². The molecule has 0 aliphatic rings. The SMILES string of the molecule is CCOC(=O)c1nc(-c2ccc(S(C)(=O)=O)cc2)c(-c2cccc(-c3cc(C(C)(C)S(C)(=O)=O)cc4cccnc34)c2)s1. The molecule has 0 aliphatic heterocycles. The molecule has 0 saturated heterocycles. The largest absolute Gasteiger partial charge is 0.461 e. The van der Waals surface area contributed by atoms with E-state index in [1.54, 1.807) is 39.1 Å². The number of carbonyl (C=O) groups is 1. The lowest BCUT2D eigenvalue weighted by atomic mass is 9.92. The van der Waals surface area contributed by atoms with E-state index in [0.717, 1.165) is 33.8 Å². The van der Waals surface area contributed by atoms with Gasteiger partial charge in [-0.25, -0.2) is 26.6 Å². The van der Waals surface area contributed by atoms with Crippen LogP contribution in [0.4, 0.5) is 0 Å². The van der Waals surface area contributed by atoms with Crippen molar-refractivity contribution in [2.45, 2.75) is 30.4 Å². The van der Waals surface area contributed by atoms with Gasteiger partial charge in [0, 0.05) is 35.2 Å². The van der Waals surface area contributed by atoms with Gasteiger partial charge >= 0.3 is 5.97 Å². The minimum Gasteiger partial charge on any atom is -0.461 e. The number of hydrogen-bond acceptors (Lipinski definition) is 9. The number of thiazole rings is 1. The summed E-state index contributed by atoms with van der Waals surface area (Å²) in [5.74, 6) is -0.546. The van der Waals surface area contributed by atoms with Crippen LogP contribution in [-0.4, -0.2) is 51.9 Å². The van der Waals surface area contributed by atoms with Gasteiger partial charge in [-0.3, -0.25) is 4.98 Å². The predicted molar refractivity (Wildman–Crippen MR) is 171 cm³/mol. The number of esters is 1. The van der Waals surface area contributed by atoms with Gasteiger partial charge in [-0.05, 0) is 73.9 Å². The second-order valence-corrected chi connectivity index (χ2v) is 16.3. The van der Waals surface area contributed by atoms with Crippen LogP contribution < -0.4 is 0 Å². The third-order valence-electron chi connectivity index (χ3n) is 7.40. The number of benzene rings is 3. The second-order valence-electron chi connectivity index (χ2n) is 10.7. The maximum absolute atomic E-state index is 12.7. The highest BCUT2D eigenvalue weighted by Gasteiger charge is 2.33. The molecule has 222 valence electrons. The van der Waals surface area contributed by atoms with Crippen LogP contribution in [0.1, 0.15) is 36.1 Å². The van der Waals surface area contributed by atoms with E-state index in [1.165, 1.54) is 29.7 Å². The molecular formula is C32H30N2O6S3. The van der Waals surface area contributed by atoms with E-state index < -0.39 is 30.4 Å². The molecule has 0 spiro atoms. The van der Waals surface area contributed by atoms with Crippen LogP contribution in [0.5, 0.6) is 0 Å². The lowest BCUT2D eigenvalue weighted by Crippen LogP contribution is -2.28. The van der Waals surface area contributed by atoms with Crippen molar-refractivity contribution in [3.8, 4) is 32.8 Å². The number of fused-ring (bicyclic) bond motifs is 1. The molecule has 0 atom stereocenters. The molecule has 2 aromatic heterocycles. The summed E-state index contributed by atoms with van der Waals surface area (Å²) in [6.45, 7) is 5.30. The average molecular weight is 635 g/mol. The Morgan fingerprint density at radius 1 is 0.884 bits per heavy atom. The van der Waals surface area contributed by atoms with Gasteiger partial charge in [0.05, 0.1) is 32.3 Å². The van der Waals surface area contributed by atoms with Crippen LogP contribution >= 0.6 is 11.3 Å². The summed E-state index contributed by atoms with van der Waals surface area (Å²) < 4.78 is 53.6. The Kier molecular flexibility index (Phi) is 8.02. The molecule has 0 aliphatic carbocycles. The van der Waals surface area contributed by atoms with E-state index in [9.17, 15) is 21.6 Å². The quantitative estimate of drug-likeness (QED) is 0.176. The standard InChI is InChI=1S/C32H30N2O6S3/c1-6-40-31(35)30-34-28(20-12-14-25(15-13-20)42(4,36)37)29(41-30)23-10-7-9-21(17-23)26-19-24(32(2,3)43(5,38)39)18-22-11-8-16-33-27(22)26/h7-19H,6H2,1-5H3. The van der Waals surface area contributed by atoms with Gasteiger partial charge in [-0.1, -0.05) is 36.4 Å². The van der Waals surface area contributed by atoms with Gasteiger partial charge in [-0.2, -0.15) is 0 Å². The highest BCUT2D eigenvalue weighted by Crippen LogP contribution is 2.41. The summed E-state index contributed by atoms with van der Waals surface area (Å²) in [6.07, 6.45) is 4.07. The Labute approximate surface area is 255 Å². The molecular weight excluding hydrogens is 605 g/mol. The van der Waals surface area contributed by atoms with Gasteiger partial charge in [0.2, 0.25) is 5.01 Å². The van der Waals surface area contributed by atoms with Gasteiger partial charge < -0.3 is 4.74 Å². The Balaban J connectivity index is 1.70. The Hall–Kier alpha value is -3.93. The van der Waals surface area contributed by atoms with Crippen LogP contribution in [0.25, 0.3) is 43.7 Å². The predicted octanol–water partition coefficient (Wildman–Crippen LogP) is 6.55. The van der Waals surface area contributed by atoms with Crippen molar-refractivity contribution in [1.82, 2.24) is 9.97 Å². The summed E-state index contributed by atoms with van der Waals surface area (Å²) in [4.78, 5) is 22.8.